The normalized spacial score (nSPS) is 21.7. The van der Waals surface area contributed by atoms with Crippen molar-refractivity contribution in [2.24, 2.45) is 5.92 Å². The van der Waals surface area contributed by atoms with Gasteiger partial charge in [-0.3, -0.25) is 14.6 Å². The number of quaternary nitrogens is 1. The lowest BCUT2D eigenvalue weighted by molar-refractivity contribution is -0.823. The molecule has 1 aromatic rings. The number of rotatable bonds is 7. The fourth-order valence-corrected chi connectivity index (χ4v) is 3.49. The van der Waals surface area contributed by atoms with Crippen LogP contribution in [0.1, 0.15) is 38.7 Å². The van der Waals surface area contributed by atoms with Gasteiger partial charge in [-0.15, -0.1) is 0 Å². The predicted molar refractivity (Wildman–Crippen MR) is 97.6 cm³/mol. The molecule has 1 aromatic carbocycles. The number of hydrogen-bond acceptors (Lipinski definition) is 4. The molecule has 1 aliphatic heterocycles. The number of likely N-dealkylation sites (N-methyl/N-ethyl adjacent to an activating group) is 1. The lowest BCUT2D eigenvalue weighted by atomic mass is 9.96. The molecule has 0 radical (unpaired) electrons. The Labute approximate surface area is 155 Å². The lowest BCUT2D eigenvalue weighted by Gasteiger charge is -2.31. The number of aldehydes is 1. The van der Waals surface area contributed by atoms with E-state index in [1.54, 1.807) is 7.05 Å². The van der Waals surface area contributed by atoms with Gasteiger partial charge in [-0.25, -0.2) is 9.59 Å². The van der Waals surface area contributed by atoms with E-state index in [2.05, 4.69) is 0 Å². The Morgan fingerprint density at radius 1 is 1.35 bits per heavy atom. The number of carbonyl (C=O) groups is 3. The highest BCUT2D eigenvalue weighted by atomic mass is 16.6. The molecule has 2 rings (SSSR count). The van der Waals surface area contributed by atoms with Crippen molar-refractivity contribution in [1.82, 2.24) is 4.90 Å². The summed E-state index contributed by atoms with van der Waals surface area (Å²) in [7, 11) is 1.60. The van der Waals surface area contributed by atoms with E-state index >= 15 is 0 Å². The quantitative estimate of drug-likeness (QED) is 0.747. The van der Waals surface area contributed by atoms with Gasteiger partial charge in [0, 0.05) is 19.9 Å². The molecule has 6 nitrogen and oxygen atoms in total. The first-order valence-corrected chi connectivity index (χ1v) is 9.28. The molecule has 26 heavy (non-hydrogen) atoms. The van der Waals surface area contributed by atoms with Crippen LogP contribution in [0.3, 0.4) is 0 Å². The van der Waals surface area contributed by atoms with E-state index < -0.39 is 12.1 Å². The summed E-state index contributed by atoms with van der Waals surface area (Å²) in [6, 6.07) is 8.53. The molecule has 4 atom stereocenters. The summed E-state index contributed by atoms with van der Waals surface area (Å²) < 4.78 is 5.39. The van der Waals surface area contributed by atoms with Crippen LogP contribution >= 0.6 is 0 Å². The van der Waals surface area contributed by atoms with Crippen molar-refractivity contribution in [3.8, 4) is 0 Å². The highest BCUT2D eigenvalue weighted by Crippen LogP contribution is 2.16. The zero-order valence-electron chi connectivity index (χ0n) is 15.8. The van der Waals surface area contributed by atoms with Gasteiger partial charge in [-0.1, -0.05) is 50.6 Å². The Morgan fingerprint density at radius 2 is 2.04 bits per heavy atom. The molecule has 1 heterocycles. The maximum Gasteiger partial charge on any atom is 0.410 e. The monoisotopic (exact) mass is 361 g/mol. The molecule has 0 spiro atoms. The summed E-state index contributed by atoms with van der Waals surface area (Å²) in [5.41, 5.74) is 0.895. The van der Waals surface area contributed by atoms with E-state index in [1.807, 2.05) is 44.2 Å². The number of ether oxygens (including phenoxy) is 1. The molecule has 1 unspecified atom stereocenters. The molecule has 1 N–H and O–H groups in total. The van der Waals surface area contributed by atoms with E-state index in [-0.39, 0.29) is 24.5 Å². The molecule has 142 valence electrons. The standard InChI is InChI=1S/C20H28N2O4/c1-4-15(2)18(19(24)22-12-8-11-17(22)13-23)21(3)20(25)26-14-16-9-6-5-7-10-16/h5-7,9-10,13,15,17-18H,4,8,11-12,14H2,1-3H3/p+1/t15-,17-,18+/m0/s1. The topological polar surface area (TPSA) is 68.1 Å². The van der Waals surface area contributed by atoms with Crippen molar-refractivity contribution in [1.29, 1.82) is 0 Å². The van der Waals surface area contributed by atoms with Crippen LogP contribution in [-0.4, -0.2) is 48.9 Å². The van der Waals surface area contributed by atoms with E-state index in [0.29, 0.717) is 11.4 Å². The van der Waals surface area contributed by atoms with Crippen LogP contribution in [0.2, 0.25) is 0 Å². The predicted octanol–water partition coefficient (Wildman–Crippen LogP) is 1.44. The second-order valence-electron chi connectivity index (χ2n) is 7.01. The van der Waals surface area contributed by atoms with Crippen molar-refractivity contribution in [2.75, 3.05) is 13.6 Å². The summed E-state index contributed by atoms with van der Waals surface area (Å²) in [4.78, 5) is 38.9. The van der Waals surface area contributed by atoms with Crippen molar-refractivity contribution in [3.63, 3.8) is 0 Å². The summed E-state index contributed by atoms with van der Waals surface area (Å²) >= 11 is 0. The third-order valence-electron chi connectivity index (χ3n) is 5.25. The number of likely N-dealkylation sites (tertiary alicyclic amines) is 1. The van der Waals surface area contributed by atoms with Gasteiger partial charge < -0.3 is 4.74 Å². The van der Waals surface area contributed by atoms with E-state index in [0.717, 1.165) is 31.1 Å². The molecular weight excluding hydrogens is 332 g/mol. The first-order chi connectivity index (χ1) is 12.5. The average molecular weight is 361 g/mol. The van der Waals surface area contributed by atoms with Crippen LogP contribution in [0, 0.1) is 5.92 Å². The minimum Gasteiger partial charge on any atom is -0.445 e. The maximum absolute atomic E-state index is 13.1. The molecule has 1 aliphatic rings. The third kappa shape index (κ3) is 4.69. The molecule has 6 heteroatoms. The van der Waals surface area contributed by atoms with Crippen LogP contribution in [0.5, 0.6) is 0 Å². The molecular formula is C20H29N2O4+. The van der Waals surface area contributed by atoms with Crippen molar-refractivity contribution in [3.05, 3.63) is 35.9 Å². The van der Waals surface area contributed by atoms with Gasteiger partial charge in [-0.2, -0.15) is 0 Å². The first kappa shape index (κ1) is 20.1. The Kier molecular flexibility index (Phi) is 7.33. The minimum absolute atomic E-state index is 0.0165. The molecule has 0 bridgehead atoms. The molecule has 0 aromatic heterocycles. The Balaban J connectivity index is 2.08. The third-order valence-corrected chi connectivity index (χ3v) is 5.25. The fraction of sp³-hybridized carbons (Fsp3) is 0.550. The number of hydrogen-bond donors (Lipinski definition) is 1. The second-order valence-corrected chi connectivity index (χ2v) is 7.01. The average Bonchev–Trinajstić information content (AvgIpc) is 3.15. The van der Waals surface area contributed by atoms with Crippen LogP contribution in [0.4, 0.5) is 4.79 Å². The molecule has 1 fully saturated rings. The van der Waals surface area contributed by atoms with Crippen molar-refractivity contribution >= 4 is 18.3 Å². The van der Waals surface area contributed by atoms with Gasteiger partial charge in [0.05, 0.1) is 6.54 Å². The Morgan fingerprint density at radius 3 is 2.65 bits per heavy atom. The summed E-state index contributed by atoms with van der Waals surface area (Å²) in [5, 5.41) is 0. The fourth-order valence-electron chi connectivity index (χ4n) is 3.49. The van der Waals surface area contributed by atoms with Gasteiger partial charge in [-0.05, 0) is 11.5 Å². The van der Waals surface area contributed by atoms with E-state index in [4.69, 9.17) is 4.74 Å². The summed E-state index contributed by atoms with van der Waals surface area (Å²) in [5.74, 6) is -0.106. The zero-order chi connectivity index (χ0) is 19.1. The zero-order valence-corrected chi connectivity index (χ0v) is 15.8. The Hall–Kier alpha value is -2.21. The number of carbonyl (C=O) groups excluding carboxylic acids is 3. The van der Waals surface area contributed by atoms with Gasteiger partial charge in [0.1, 0.15) is 6.61 Å². The van der Waals surface area contributed by atoms with Crippen molar-refractivity contribution in [2.45, 2.75) is 51.8 Å². The highest BCUT2D eigenvalue weighted by Gasteiger charge is 2.43. The number of nitrogens with zero attached hydrogens (tertiary/aromatic N) is 1. The van der Waals surface area contributed by atoms with E-state index in [1.165, 1.54) is 4.90 Å². The van der Waals surface area contributed by atoms with Crippen molar-refractivity contribution < 1.29 is 24.0 Å². The molecule has 0 saturated carbocycles. The van der Waals surface area contributed by atoms with Gasteiger partial charge in [0.2, 0.25) is 0 Å². The number of amides is 2. The maximum atomic E-state index is 13.1. The number of benzene rings is 1. The van der Waals surface area contributed by atoms with E-state index in [9.17, 15) is 14.4 Å². The van der Waals surface area contributed by atoms with Gasteiger partial charge >= 0.3 is 12.0 Å². The Bertz CT molecular complexity index is 619. The highest BCUT2D eigenvalue weighted by molar-refractivity contribution is 5.81. The van der Waals surface area contributed by atoms with Crippen LogP contribution < -0.4 is 4.90 Å². The van der Waals surface area contributed by atoms with Gasteiger partial charge in [0.25, 0.3) is 0 Å². The minimum atomic E-state index is -0.598. The second kappa shape index (κ2) is 9.48. The number of nitrogens with one attached hydrogen (secondary N) is 1. The van der Waals surface area contributed by atoms with Crippen LogP contribution in [0.15, 0.2) is 30.3 Å². The van der Waals surface area contributed by atoms with Crippen LogP contribution in [0.25, 0.3) is 0 Å². The smallest absolute Gasteiger partial charge is 0.410 e. The SMILES string of the molecule is CC[C@H](C)[C@H](C(=O)[NH+]1CCC[C@H]1C=O)N(C)C(=O)OCc1ccccc1. The molecule has 2 amide bonds. The first-order valence-electron chi connectivity index (χ1n) is 9.28. The van der Waals surface area contributed by atoms with Gasteiger partial charge in [0.15, 0.2) is 18.4 Å². The lowest BCUT2D eigenvalue weighted by Crippen LogP contribution is -3.18. The molecule has 0 aliphatic carbocycles. The largest absolute Gasteiger partial charge is 0.445 e. The van der Waals surface area contributed by atoms with Crippen LogP contribution in [-0.2, 0) is 20.9 Å². The summed E-state index contributed by atoms with van der Waals surface area (Å²) in [6.45, 7) is 4.75. The summed E-state index contributed by atoms with van der Waals surface area (Å²) in [6.07, 6.45) is 2.67. The molecule has 1 saturated heterocycles.